The van der Waals surface area contributed by atoms with Crippen molar-refractivity contribution in [2.24, 2.45) is 0 Å². The van der Waals surface area contributed by atoms with Crippen LogP contribution in [0.4, 0.5) is 14.5 Å². The van der Waals surface area contributed by atoms with Crippen LogP contribution in [0.2, 0.25) is 0 Å². The number of hydrogen-bond donors (Lipinski definition) is 1. The van der Waals surface area contributed by atoms with Gasteiger partial charge in [-0.2, -0.15) is 5.10 Å². The monoisotopic (exact) mass is 434 g/mol. The number of nitrogen functional groups attached to an aromatic ring is 1. The number of rotatable bonds is 6. The first-order chi connectivity index (χ1) is 15.5. The Balaban J connectivity index is 1.83. The number of anilines is 1. The largest absolute Gasteiger partial charge is 0.399 e. The van der Waals surface area contributed by atoms with E-state index >= 15 is 0 Å². The molecule has 1 aromatic heterocycles. The van der Waals surface area contributed by atoms with E-state index in [1.807, 2.05) is 12.1 Å². The molecule has 8 heteroatoms. The van der Waals surface area contributed by atoms with Crippen molar-refractivity contribution in [3.05, 3.63) is 116 Å². The van der Waals surface area contributed by atoms with Gasteiger partial charge in [-0.15, -0.1) is 0 Å². The number of aryl methyl sites for hydroxylation is 1. The second-order valence-electron chi connectivity index (χ2n) is 7.26. The zero-order chi connectivity index (χ0) is 22.7. The second kappa shape index (κ2) is 8.97. The molecule has 162 valence electrons. The molecule has 0 aliphatic rings. The third-order valence-electron chi connectivity index (χ3n) is 5.20. The summed E-state index contributed by atoms with van der Waals surface area (Å²) in [6.07, 6.45) is 0.328. The SMILES string of the molecule is Nc1ccccc1CCn1c(=O)c(-c2ccccc2)nn(Cc2c(F)cccc2F)c1=O. The molecule has 3 aromatic carbocycles. The highest BCUT2D eigenvalue weighted by molar-refractivity contribution is 5.57. The zero-order valence-electron chi connectivity index (χ0n) is 17.0. The lowest BCUT2D eigenvalue weighted by Crippen LogP contribution is -2.43. The maximum absolute atomic E-state index is 14.2. The van der Waals surface area contributed by atoms with E-state index in [1.165, 1.54) is 6.07 Å². The van der Waals surface area contributed by atoms with Gasteiger partial charge in [0.1, 0.15) is 11.6 Å². The van der Waals surface area contributed by atoms with Crippen molar-refractivity contribution in [2.75, 3.05) is 5.73 Å². The topological polar surface area (TPSA) is 82.9 Å². The summed E-state index contributed by atoms with van der Waals surface area (Å²) in [5.41, 5.74) is 6.17. The van der Waals surface area contributed by atoms with Crippen LogP contribution in [0.5, 0.6) is 0 Å². The number of nitrogens with two attached hydrogens (primary N) is 1. The first-order valence-electron chi connectivity index (χ1n) is 9.99. The fourth-order valence-corrected chi connectivity index (χ4v) is 3.46. The van der Waals surface area contributed by atoms with Gasteiger partial charge in [-0.1, -0.05) is 54.6 Å². The summed E-state index contributed by atoms with van der Waals surface area (Å²) in [4.78, 5) is 26.2. The molecule has 1 heterocycles. The van der Waals surface area contributed by atoms with Gasteiger partial charge in [-0.05, 0) is 30.2 Å². The Bertz CT molecular complexity index is 1360. The quantitative estimate of drug-likeness (QED) is 0.473. The van der Waals surface area contributed by atoms with E-state index < -0.39 is 29.4 Å². The van der Waals surface area contributed by atoms with Crippen LogP contribution in [0.15, 0.2) is 82.4 Å². The molecule has 0 atom stereocenters. The van der Waals surface area contributed by atoms with Gasteiger partial charge in [-0.25, -0.2) is 18.3 Å². The number of nitrogens with zero attached hydrogens (tertiary/aromatic N) is 3. The van der Waals surface area contributed by atoms with E-state index in [-0.39, 0.29) is 17.8 Å². The molecule has 4 aromatic rings. The van der Waals surface area contributed by atoms with Crippen LogP contribution in [-0.2, 0) is 19.5 Å². The number of halogens is 2. The molecule has 0 bridgehead atoms. The Morgan fingerprint density at radius 3 is 2.19 bits per heavy atom. The van der Waals surface area contributed by atoms with Crippen molar-refractivity contribution in [1.82, 2.24) is 14.3 Å². The molecule has 2 N–H and O–H groups in total. The van der Waals surface area contributed by atoms with Gasteiger partial charge in [0.05, 0.1) is 6.54 Å². The highest BCUT2D eigenvalue weighted by Crippen LogP contribution is 2.15. The highest BCUT2D eigenvalue weighted by atomic mass is 19.1. The van der Waals surface area contributed by atoms with Gasteiger partial charge in [0, 0.05) is 23.4 Å². The molecule has 0 fully saturated rings. The molecule has 0 saturated carbocycles. The number of benzene rings is 3. The molecule has 0 radical (unpaired) electrons. The van der Waals surface area contributed by atoms with Gasteiger partial charge < -0.3 is 5.73 Å². The fourth-order valence-electron chi connectivity index (χ4n) is 3.46. The maximum Gasteiger partial charge on any atom is 0.347 e. The van der Waals surface area contributed by atoms with Crippen molar-refractivity contribution in [1.29, 1.82) is 0 Å². The number of aromatic nitrogens is 3. The standard InChI is InChI=1S/C24H20F2N4O2/c25-19-10-6-11-20(26)18(19)15-30-24(32)29(14-13-16-7-4-5-12-21(16)27)23(31)22(28-30)17-8-2-1-3-9-17/h1-12H,13-15,27H2. The summed E-state index contributed by atoms with van der Waals surface area (Å²) in [6, 6.07) is 19.2. The van der Waals surface area contributed by atoms with E-state index in [0.717, 1.165) is 26.9 Å². The van der Waals surface area contributed by atoms with Crippen molar-refractivity contribution in [3.8, 4) is 11.3 Å². The third kappa shape index (κ3) is 4.20. The van der Waals surface area contributed by atoms with E-state index in [4.69, 9.17) is 5.73 Å². The van der Waals surface area contributed by atoms with Crippen LogP contribution in [0.3, 0.4) is 0 Å². The predicted octanol–water partition coefficient (Wildman–Crippen LogP) is 3.22. The summed E-state index contributed by atoms with van der Waals surface area (Å²) in [5, 5.41) is 4.17. The molecular weight excluding hydrogens is 414 g/mol. The lowest BCUT2D eigenvalue weighted by Gasteiger charge is -2.13. The molecule has 32 heavy (non-hydrogen) atoms. The van der Waals surface area contributed by atoms with Gasteiger partial charge in [0.15, 0.2) is 5.69 Å². The third-order valence-corrected chi connectivity index (χ3v) is 5.20. The Morgan fingerprint density at radius 2 is 1.50 bits per heavy atom. The summed E-state index contributed by atoms with van der Waals surface area (Å²) in [6.45, 7) is -0.418. The van der Waals surface area contributed by atoms with E-state index in [9.17, 15) is 18.4 Å². The number of para-hydroxylation sites is 1. The lowest BCUT2D eigenvalue weighted by molar-refractivity contribution is 0.490. The molecule has 0 amide bonds. The lowest BCUT2D eigenvalue weighted by atomic mass is 10.1. The fraction of sp³-hybridized carbons (Fsp3) is 0.125. The first kappa shape index (κ1) is 21.2. The Labute approximate surface area is 182 Å². The molecule has 0 spiro atoms. The smallest absolute Gasteiger partial charge is 0.347 e. The molecule has 0 saturated heterocycles. The summed E-state index contributed by atoms with van der Waals surface area (Å²) >= 11 is 0. The van der Waals surface area contributed by atoms with E-state index in [0.29, 0.717) is 17.7 Å². The summed E-state index contributed by atoms with van der Waals surface area (Å²) in [7, 11) is 0. The van der Waals surface area contributed by atoms with Crippen molar-refractivity contribution in [2.45, 2.75) is 19.5 Å². The van der Waals surface area contributed by atoms with Crippen molar-refractivity contribution >= 4 is 5.69 Å². The van der Waals surface area contributed by atoms with Crippen LogP contribution in [0, 0.1) is 11.6 Å². The first-order valence-corrected chi connectivity index (χ1v) is 9.99. The maximum atomic E-state index is 14.2. The Morgan fingerprint density at radius 1 is 0.844 bits per heavy atom. The molecular formula is C24H20F2N4O2. The molecule has 6 nitrogen and oxygen atoms in total. The van der Waals surface area contributed by atoms with Crippen LogP contribution in [0.1, 0.15) is 11.1 Å². The van der Waals surface area contributed by atoms with Gasteiger partial charge in [0.2, 0.25) is 0 Å². The van der Waals surface area contributed by atoms with Gasteiger partial charge >= 0.3 is 5.69 Å². The minimum absolute atomic E-state index is 0.0166. The van der Waals surface area contributed by atoms with Gasteiger partial charge in [-0.3, -0.25) is 9.36 Å². The zero-order valence-corrected chi connectivity index (χ0v) is 17.0. The molecule has 0 unspecified atom stereocenters. The normalized spacial score (nSPS) is 10.9. The van der Waals surface area contributed by atoms with Gasteiger partial charge in [0.25, 0.3) is 5.56 Å². The van der Waals surface area contributed by atoms with Crippen LogP contribution < -0.4 is 17.0 Å². The second-order valence-corrected chi connectivity index (χ2v) is 7.26. The van der Waals surface area contributed by atoms with Crippen molar-refractivity contribution in [3.63, 3.8) is 0 Å². The van der Waals surface area contributed by atoms with E-state index in [1.54, 1.807) is 42.5 Å². The Kier molecular flexibility index (Phi) is 5.93. The predicted molar refractivity (Wildman–Crippen MR) is 118 cm³/mol. The van der Waals surface area contributed by atoms with Crippen LogP contribution in [0.25, 0.3) is 11.3 Å². The van der Waals surface area contributed by atoms with Crippen LogP contribution in [-0.4, -0.2) is 14.3 Å². The number of hydrogen-bond acceptors (Lipinski definition) is 4. The molecule has 4 rings (SSSR count). The highest BCUT2D eigenvalue weighted by Gasteiger charge is 2.18. The molecule has 0 aliphatic carbocycles. The minimum Gasteiger partial charge on any atom is -0.399 e. The average Bonchev–Trinajstić information content (AvgIpc) is 2.79. The molecule has 0 aliphatic heterocycles. The van der Waals surface area contributed by atoms with E-state index in [2.05, 4.69) is 5.10 Å². The van der Waals surface area contributed by atoms with Crippen molar-refractivity contribution < 1.29 is 8.78 Å². The summed E-state index contributed by atoms with van der Waals surface area (Å²) in [5.74, 6) is -1.59. The summed E-state index contributed by atoms with van der Waals surface area (Å²) < 4.78 is 30.4. The minimum atomic E-state index is -0.797. The van der Waals surface area contributed by atoms with Crippen LogP contribution >= 0.6 is 0 Å². The average molecular weight is 434 g/mol. The Hall–Kier alpha value is -4.07.